The molecule has 2 rings (SSSR count). The first-order valence-corrected chi connectivity index (χ1v) is 4.41. The predicted octanol–water partition coefficient (Wildman–Crippen LogP) is 0.863. The lowest BCUT2D eigenvalue weighted by atomic mass is 10.1. The molecule has 0 bridgehead atoms. The molecule has 2 aromatic heterocycles. The fourth-order valence-corrected chi connectivity index (χ4v) is 1.41. The molecule has 4 nitrogen and oxygen atoms in total. The summed E-state index contributed by atoms with van der Waals surface area (Å²) >= 11 is 0. The maximum Gasteiger partial charge on any atom is 0.0946 e. The Hall–Kier alpha value is -1.68. The third-order valence-electron chi connectivity index (χ3n) is 2.24. The van der Waals surface area contributed by atoms with E-state index >= 15 is 0 Å². The van der Waals surface area contributed by atoms with Crippen molar-refractivity contribution in [3.05, 3.63) is 48.3 Å². The highest BCUT2D eigenvalue weighted by atomic mass is 15.0. The van der Waals surface area contributed by atoms with Crippen LogP contribution in [0.15, 0.2) is 37.1 Å². The van der Waals surface area contributed by atoms with Gasteiger partial charge in [-0.3, -0.25) is 4.98 Å². The summed E-state index contributed by atoms with van der Waals surface area (Å²) in [7, 11) is 1.93. The van der Waals surface area contributed by atoms with Crippen LogP contribution in [0.1, 0.15) is 17.3 Å². The van der Waals surface area contributed by atoms with Gasteiger partial charge in [-0.25, -0.2) is 4.98 Å². The molecule has 2 N–H and O–H groups in total. The van der Waals surface area contributed by atoms with Crippen LogP contribution in [0.25, 0.3) is 0 Å². The van der Waals surface area contributed by atoms with Crippen molar-refractivity contribution in [2.75, 3.05) is 0 Å². The smallest absolute Gasteiger partial charge is 0.0946 e. The lowest BCUT2D eigenvalue weighted by molar-refractivity contribution is 0.745. The summed E-state index contributed by atoms with van der Waals surface area (Å²) in [5, 5.41) is 0. The predicted molar refractivity (Wildman–Crippen MR) is 53.5 cm³/mol. The molecular formula is C10H12N4. The van der Waals surface area contributed by atoms with Gasteiger partial charge in [0.05, 0.1) is 24.3 Å². The topological polar surface area (TPSA) is 56.7 Å². The first kappa shape index (κ1) is 8.90. The molecular weight excluding hydrogens is 176 g/mol. The van der Waals surface area contributed by atoms with Gasteiger partial charge in [0.2, 0.25) is 0 Å². The number of nitrogens with zero attached hydrogens (tertiary/aromatic N) is 3. The van der Waals surface area contributed by atoms with Gasteiger partial charge in [-0.2, -0.15) is 0 Å². The maximum absolute atomic E-state index is 6.07. The van der Waals surface area contributed by atoms with Crippen molar-refractivity contribution in [2.24, 2.45) is 12.8 Å². The Morgan fingerprint density at radius 3 is 2.57 bits per heavy atom. The molecule has 2 aromatic rings. The zero-order valence-corrected chi connectivity index (χ0v) is 7.96. The van der Waals surface area contributed by atoms with Crippen molar-refractivity contribution in [3.8, 4) is 0 Å². The van der Waals surface area contributed by atoms with Crippen LogP contribution in [-0.4, -0.2) is 14.5 Å². The highest BCUT2D eigenvalue weighted by molar-refractivity contribution is 5.24. The molecule has 14 heavy (non-hydrogen) atoms. The van der Waals surface area contributed by atoms with Gasteiger partial charge < -0.3 is 10.3 Å². The molecule has 72 valence electrons. The molecule has 0 aliphatic rings. The standard InChI is InChI=1S/C10H12N4/c1-14-7-13-6-9(14)10(11)8-2-4-12-5-3-8/h2-7,10H,11H2,1H3. The van der Waals surface area contributed by atoms with Crippen molar-refractivity contribution in [1.82, 2.24) is 14.5 Å². The van der Waals surface area contributed by atoms with E-state index in [0.29, 0.717) is 0 Å². The molecule has 0 saturated carbocycles. The molecule has 0 radical (unpaired) electrons. The zero-order valence-electron chi connectivity index (χ0n) is 7.96. The van der Waals surface area contributed by atoms with Crippen LogP contribution in [0.2, 0.25) is 0 Å². The van der Waals surface area contributed by atoms with E-state index in [0.717, 1.165) is 11.3 Å². The molecule has 2 heterocycles. The van der Waals surface area contributed by atoms with E-state index < -0.39 is 0 Å². The number of hydrogen-bond acceptors (Lipinski definition) is 3. The van der Waals surface area contributed by atoms with E-state index in [-0.39, 0.29) is 6.04 Å². The minimum Gasteiger partial charge on any atom is -0.336 e. The number of aromatic nitrogens is 3. The fourth-order valence-electron chi connectivity index (χ4n) is 1.41. The third-order valence-corrected chi connectivity index (χ3v) is 2.24. The summed E-state index contributed by atoms with van der Waals surface area (Å²) in [6.07, 6.45) is 7.01. The van der Waals surface area contributed by atoms with Crippen molar-refractivity contribution in [3.63, 3.8) is 0 Å². The fraction of sp³-hybridized carbons (Fsp3) is 0.200. The van der Waals surface area contributed by atoms with Gasteiger partial charge in [0.25, 0.3) is 0 Å². The van der Waals surface area contributed by atoms with Crippen LogP contribution in [-0.2, 0) is 7.05 Å². The molecule has 0 amide bonds. The Kier molecular flexibility index (Phi) is 2.28. The van der Waals surface area contributed by atoms with Crippen LogP contribution < -0.4 is 5.73 Å². The van der Waals surface area contributed by atoms with Crippen molar-refractivity contribution in [1.29, 1.82) is 0 Å². The number of aryl methyl sites for hydroxylation is 1. The summed E-state index contributed by atoms with van der Waals surface area (Å²) in [5.41, 5.74) is 8.11. The van der Waals surface area contributed by atoms with Crippen LogP contribution in [0, 0.1) is 0 Å². The van der Waals surface area contributed by atoms with Crippen molar-refractivity contribution in [2.45, 2.75) is 6.04 Å². The van der Waals surface area contributed by atoms with Crippen molar-refractivity contribution >= 4 is 0 Å². The molecule has 0 fully saturated rings. The Morgan fingerprint density at radius 2 is 2.00 bits per heavy atom. The number of pyridine rings is 1. The van der Waals surface area contributed by atoms with E-state index in [9.17, 15) is 0 Å². The van der Waals surface area contributed by atoms with E-state index in [2.05, 4.69) is 9.97 Å². The second-order valence-electron chi connectivity index (χ2n) is 3.19. The summed E-state index contributed by atoms with van der Waals surface area (Å²) < 4.78 is 1.92. The van der Waals surface area contributed by atoms with Crippen LogP contribution in [0.5, 0.6) is 0 Å². The summed E-state index contributed by atoms with van der Waals surface area (Å²) in [6.45, 7) is 0. The Labute approximate surface area is 82.4 Å². The summed E-state index contributed by atoms with van der Waals surface area (Å²) in [6, 6.07) is 3.69. The lowest BCUT2D eigenvalue weighted by Gasteiger charge is -2.11. The molecule has 0 aliphatic carbocycles. The van der Waals surface area contributed by atoms with Gasteiger partial charge >= 0.3 is 0 Å². The highest BCUT2D eigenvalue weighted by Crippen LogP contribution is 2.17. The van der Waals surface area contributed by atoms with Crippen LogP contribution >= 0.6 is 0 Å². The average Bonchev–Trinajstić information content (AvgIpc) is 2.65. The summed E-state index contributed by atoms with van der Waals surface area (Å²) in [4.78, 5) is 7.99. The van der Waals surface area contributed by atoms with Crippen molar-refractivity contribution < 1.29 is 0 Å². The van der Waals surface area contributed by atoms with Gasteiger partial charge in [-0.15, -0.1) is 0 Å². The van der Waals surface area contributed by atoms with Gasteiger partial charge in [0.15, 0.2) is 0 Å². The van der Waals surface area contributed by atoms with Gasteiger partial charge in [-0.05, 0) is 17.7 Å². The number of rotatable bonds is 2. The number of nitrogens with two attached hydrogens (primary N) is 1. The summed E-state index contributed by atoms with van der Waals surface area (Å²) in [5.74, 6) is 0. The monoisotopic (exact) mass is 188 g/mol. The largest absolute Gasteiger partial charge is 0.336 e. The minimum atomic E-state index is -0.134. The molecule has 0 saturated heterocycles. The maximum atomic E-state index is 6.07. The number of hydrogen-bond donors (Lipinski definition) is 1. The Bertz CT molecular complexity index is 407. The molecule has 0 spiro atoms. The molecule has 1 atom stereocenters. The average molecular weight is 188 g/mol. The van der Waals surface area contributed by atoms with Gasteiger partial charge in [0, 0.05) is 19.4 Å². The van der Waals surface area contributed by atoms with Crippen LogP contribution in [0.3, 0.4) is 0 Å². The molecule has 1 unspecified atom stereocenters. The first-order valence-electron chi connectivity index (χ1n) is 4.41. The van der Waals surface area contributed by atoms with E-state index in [1.54, 1.807) is 24.9 Å². The van der Waals surface area contributed by atoms with Crippen LogP contribution in [0.4, 0.5) is 0 Å². The number of imidazole rings is 1. The second kappa shape index (κ2) is 3.59. The molecule has 0 aliphatic heterocycles. The van der Waals surface area contributed by atoms with E-state index in [4.69, 9.17) is 5.73 Å². The minimum absolute atomic E-state index is 0.134. The van der Waals surface area contributed by atoms with E-state index in [1.165, 1.54) is 0 Å². The zero-order chi connectivity index (χ0) is 9.97. The normalized spacial score (nSPS) is 12.7. The quantitative estimate of drug-likeness (QED) is 0.760. The SMILES string of the molecule is Cn1cncc1C(N)c1ccncc1. The first-order chi connectivity index (χ1) is 6.79. The molecule has 4 heteroatoms. The van der Waals surface area contributed by atoms with Gasteiger partial charge in [0.1, 0.15) is 0 Å². The third kappa shape index (κ3) is 1.52. The molecule has 0 aromatic carbocycles. The second-order valence-corrected chi connectivity index (χ2v) is 3.19. The highest BCUT2D eigenvalue weighted by Gasteiger charge is 2.11. The van der Waals surface area contributed by atoms with E-state index in [1.807, 2.05) is 23.7 Å². The Balaban J connectivity index is 2.34. The van der Waals surface area contributed by atoms with Gasteiger partial charge in [-0.1, -0.05) is 0 Å². The lowest BCUT2D eigenvalue weighted by Crippen LogP contribution is -2.15. The Morgan fingerprint density at radius 1 is 1.29 bits per heavy atom.